The van der Waals surface area contributed by atoms with Crippen LogP contribution in [-0.2, 0) is 20.9 Å². The van der Waals surface area contributed by atoms with Gasteiger partial charge in [0.25, 0.3) is 0 Å². The van der Waals surface area contributed by atoms with Crippen LogP contribution >= 0.6 is 11.8 Å². The van der Waals surface area contributed by atoms with E-state index in [9.17, 15) is 9.59 Å². The maximum Gasteiger partial charge on any atom is 0.339 e. The second kappa shape index (κ2) is 11.0. The molecule has 0 aromatic heterocycles. The molecule has 2 rings (SSSR count). The zero-order valence-corrected chi connectivity index (χ0v) is 15.8. The Bertz CT molecular complexity index is 833. The summed E-state index contributed by atoms with van der Waals surface area (Å²) in [7, 11) is 1.57. The Balaban J connectivity index is 1.96. The number of nitriles is 1. The van der Waals surface area contributed by atoms with Crippen LogP contribution in [0.5, 0.6) is 0 Å². The average Bonchev–Trinajstić information content (AvgIpc) is 2.71. The molecular weight excluding hydrogens is 364 g/mol. The van der Waals surface area contributed by atoms with Gasteiger partial charge in [0.15, 0.2) is 0 Å². The molecule has 27 heavy (non-hydrogen) atoms. The number of ether oxygens (including phenoxy) is 2. The van der Waals surface area contributed by atoms with Crippen molar-refractivity contribution < 1.29 is 19.1 Å². The third-order valence-corrected chi connectivity index (χ3v) is 4.66. The number of thioether (sulfide) groups is 1. The summed E-state index contributed by atoms with van der Waals surface area (Å²) in [6.45, 7) is 0.903. The van der Waals surface area contributed by atoms with Crippen molar-refractivity contribution in [2.24, 2.45) is 0 Å². The zero-order chi connectivity index (χ0) is 19.5. The predicted octanol–water partition coefficient (Wildman–Crippen LogP) is 2.77. The molecule has 2 aromatic carbocycles. The Morgan fingerprint density at radius 1 is 1.15 bits per heavy atom. The van der Waals surface area contributed by atoms with Gasteiger partial charge in [-0.25, -0.2) is 4.79 Å². The predicted molar refractivity (Wildman–Crippen MR) is 102 cm³/mol. The first-order valence-corrected chi connectivity index (χ1v) is 9.27. The summed E-state index contributed by atoms with van der Waals surface area (Å²) in [6, 6.07) is 16.0. The van der Waals surface area contributed by atoms with E-state index in [0.717, 1.165) is 0 Å². The van der Waals surface area contributed by atoms with Crippen molar-refractivity contribution in [1.29, 1.82) is 5.26 Å². The molecule has 0 spiro atoms. The summed E-state index contributed by atoms with van der Waals surface area (Å²) in [5.74, 6) is -0.445. The van der Waals surface area contributed by atoms with Gasteiger partial charge < -0.3 is 14.8 Å². The molecular formula is C20H20N2O4S. The fourth-order valence-electron chi connectivity index (χ4n) is 2.22. The zero-order valence-electron chi connectivity index (χ0n) is 14.9. The lowest BCUT2D eigenvalue weighted by Crippen LogP contribution is -2.28. The van der Waals surface area contributed by atoms with Crippen LogP contribution in [0.1, 0.15) is 21.5 Å². The van der Waals surface area contributed by atoms with Crippen LogP contribution in [0.25, 0.3) is 0 Å². The molecule has 6 nitrogen and oxygen atoms in total. The molecule has 0 unspecified atom stereocenters. The number of amides is 1. The largest absolute Gasteiger partial charge is 0.457 e. The minimum absolute atomic E-state index is 0.0130. The standard InChI is InChI=1S/C20H20N2O4S/c1-25-11-10-22-19(23)14-27-18-9-5-4-8-17(18)20(24)26-13-16-7-3-2-6-15(16)12-21/h2-9H,10-11,13-14H2,1H3,(H,22,23). The second-order valence-corrected chi connectivity index (χ2v) is 6.49. The molecule has 0 atom stereocenters. The first-order valence-electron chi connectivity index (χ1n) is 8.28. The van der Waals surface area contributed by atoms with Crippen LogP contribution in [0.3, 0.4) is 0 Å². The van der Waals surface area contributed by atoms with Gasteiger partial charge in [0.1, 0.15) is 6.61 Å². The summed E-state index contributed by atoms with van der Waals surface area (Å²) < 4.78 is 10.2. The van der Waals surface area contributed by atoms with E-state index in [-0.39, 0.29) is 18.3 Å². The van der Waals surface area contributed by atoms with E-state index < -0.39 is 5.97 Å². The number of methoxy groups -OCH3 is 1. The third-order valence-electron chi connectivity index (χ3n) is 3.59. The number of nitrogens with one attached hydrogen (secondary N) is 1. The van der Waals surface area contributed by atoms with Crippen LogP contribution in [0.4, 0.5) is 0 Å². The molecule has 2 aromatic rings. The third kappa shape index (κ3) is 6.44. The van der Waals surface area contributed by atoms with E-state index in [0.29, 0.717) is 34.7 Å². The lowest BCUT2D eigenvalue weighted by atomic mass is 10.1. The number of carbonyl (C=O) groups is 2. The maximum absolute atomic E-state index is 12.5. The fourth-order valence-corrected chi connectivity index (χ4v) is 3.09. The van der Waals surface area contributed by atoms with Gasteiger partial charge in [-0.1, -0.05) is 30.3 Å². The molecule has 0 heterocycles. The Morgan fingerprint density at radius 3 is 2.67 bits per heavy atom. The van der Waals surface area contributed by atoms with Gasteiger partial charge in [-0.3, -0.25) is 4.79 Å². The van der Waals surface area contributed by atoms with Crippen molar-refractivity contribution in [2.75, 3.05) is 26.0 Å². The first-order chi connectivity index (χ1) is 13.2. The van der Waals surface area contributed by atoms with Crippen LogP contribution in [0.15, 0.2) is 53.4 Å². The monoisotopic (exact) mass is 384 g/mol. The average molecular weight is 384 g/mol. The lowest BCUT2D eigenvalue weighted by Gasteiger charge is -2.10. The van der Waals surface area contributed by atoms with E-state index in [1.807, 2.05) is 0 Å². The van der Waals surface area contributed by atoms with Crippen LogP contribution in [0.2, 0.25) is 0 Å². The molecule has 0 aliphatic carbocycles. The Labute approximate surface area is 162 Å². The quantitative estimate of drug-likeness (QED) is 0.406. The van der Waals surface area contributed by atoms with Crippen molar-refractivity contribution in [3.63, 3.8) is 0 Å². The molecule has 0 bridgehead atoms. The highest BCUT2D eigenvalue weighted by Gasteiger charge is 2.15. The number of hydrogen-bond acceptors (Lipinski definition) is 6. The van der Waals surface area contributed by atoms with Gasteiger partial charge >= 0.3 is 5.97 Å². The lowest BCUT2D eigenvalue weighted by molar-refractivity contribution is -0.118. The molecule has 7 heteroatoms. The Kier molecular flexibility index (Phi) is 8.36. The highest BCUT2D eigenvalue weighted by atomic mass is 32.2. The van der Waals surface area contributed by atoms with Crippen molar-refractivity contribution in [2.45, 2.75) is 11.5 Å². The molecule has 0 fully saturated rings. The normalized spacial score (nSPS) is 10.1. The summed E-state index contributed by atoms with van der Waals surface area (Å²) in [5, 5.41) is 11.8. The van der Waals surface area contributed by atoms with Crippen LogP contribution in [0, 0.1) is 11.3 Å². The van der Waals surface area contributed by atoms with E-state index in [2.05, 4.69) is 11.4 Å². The van der Waals surface area contributed by atoms with E-state index in [1.54, 1.807) is 55.6 Å². The molecule has 140 valence electrons. The molecule has 1 amide bonds. The SMILES string of the molecule is COCCNC(=O)CSc1ccccc1C(=O)OCc1ccccc1C#N. The smallest absolute Gasteiger partial charge is 0.339 e. The fraction of sp³-hybridized carbons (Fsp3) is 0.250. The molecule has 1 N–H and O–H groups in total. The van der Waals surface area contributed by atoms with Gasteiger partial charge in [-0.2, -0.15) is 5.26 Å². The Morgan fingerprint density at radius 2 is 1.89 bits per heavy atom. The first kappa shape index (κ1) is 20.5. The number of nitrogens with zero attached hydrogens (tertiary/aromatic N) is 1. The minimum atomic E-state index is -0.495. The van der Waals surface area contributed by atoms with Gasteiger partial charge in [0, 0.05) is 24.1 Å². The summed E-state index contributed by atoms with van der Waals surface area (Å²) in [4.78, 5) is 24.9. The van der Waals surface area contributed by atoms with Gasteiger partial charge in [0.05, 0.1) is 29.6 Å². The van der Waals surface area contributed by atoms with E-state index in [4.69, 9.17) is 14.7 Å². The highest BCUT2D eigenvalue weighted by molar-refractivity contribution is 8.00. The summed E-state index contributed by atoms with van der Waals surface area (Å²) >= 11 is 1.26. The van der Waals surface area contributed by atoms with Crippen LogP contribution < -0.4 is 5.32 Å². The van der Waals surface area contributed by atoms with Crippen molar-refractivity contribution in [3.8, 4) is 6.07 Å². The van der Waals surface area contributed by atoms with E-state index >= 15 is 0 Å². The van der Waals surface area contributed by atoms with Gasteiger partial charge in [-0.05, 0) is 18.2 Å². The molecule has 0 aliphatic rings. The van der Waals surface area contributed by atoms with Crippen molar-refractivity contribution in [3.05, 3.63) is 65.2 Å². The van der Waals surface area contributed by atoms with Gasteiger partial charge in [-0.15, -0.1) is 11.8 Å². The number of carbonyl (C=O) groups excluding carboxylic acids is 2. The maximum atomic E-state index is 12.5. The molecule has 0 saturated heterocycles. The Hall–Kier alpha value is -2.82. The van der Waals surface area contributed by atoms with E-state index in [1.165, 1.54) is 11.8 Å². The van der Waals surface area contributed by atoms with Crippen molar-refractivity contribution >= 4 is 23.6 Å². The summed E-state index contributed by atoms with van der Waals surface area (Å²) in [5.41, 5.74) is 1.51. The van der Waals surface area contributed by atoms with Crippen molar-refractivity contribution in [1.82, 2.24) is 5.32 Å². The summed E-state index contributed by atoms with van der Waals surface area (Å²) in [6.07, 6.45) is 0. The number of hydrogen-bond donors (Lipinski definition) is 1. The molecule has 0 saturated carbocycles. The van der Waals surface area contributed by atoms with Gasteiger partial charge in [0.2, 0.25) is 5.91 Å². The number of benzene rings is 2. The second-order valence-electron chi connectivity index (χ2n) is 5.47. The topological polar surface area (TPSA) is 88.4 Å². The highest BCUT2D eigenvalue weighted by Crippen LogP contribution is 2.23. The minimum Gasteiger partial charge on any atom is -0.457 e. The number of esters is 1. The molecule has 0 aliphatic heterocycles. The molecule has 0 radical (unpaired) electrons. The number of rotatable bonds is 9. The van der Waals surface area contributed by atoms with Crippen LogP contribution in [-0.4, -0.2) is 37.9 Å².